The van der Waals surface area contributed by atoms with Gasteiger partial charge < -0.3 is 5.32 Å². The highest BCUT2D eigenvalue weighted by Gasteiger charge is 2.14. The SMILES string of the molecule is CCNC(Cc1cccc(Cl)c1Cl)c1cncc(C)c1. The van der Waals surface area contributed by atoms with Gasteiger partial charge in [0, 0.05) is 18.4 Å². The van der Waals surface area contributed by atoms with Crippen LogP contribution < -0.4 is 5.32 Å². The van der Waals surface area contributed by atoms with Crippen LogP contribution in [0.4, 0.5) is 0 Å². The van der Waals surface area contributed by atoms with Gasteiger partial charge in [-0.2, -0.15) is 0 Å². The van der Waals surface area contributed by atoms with Crippen molar-refractivity contribution >= 4 is 23.2 Å². The second kappa shape index (κ2) is 7.07. The van der Waals surface area contributed by atoms with Gasteiger partial charge in [0.2, 0.25) is 0 Å². The molecule has 2 aromatic rings. The molecule has 0 radical (unpaired) electrons. The molecule has 0 spiro atoms. The summed E-state index contributed by atoms with van der Waals surface area (Å²) < 4.78 is 0. The summed E-state index contributed by atoms with van der Waals surface area (Å²) in [6.07, 6.45) is 4.55. The van der Waals surface area contributed by atoms with Gasteiger partial charge in [0.05, 0.1) is 10.0 Å². The molecule has 4 heteroatoms. The van der Waals surface area contributed by atoms with Gasteiger partial charge in [0.15, 0.2) is 0 Å². The highest BCUT2D eigenvalue weighted by atomic mass is 35.5. The van der Waals surface area contributed by atoms with Gasteiger partial charge in [0.1, 0.15) is 0 Å². The van der Waals surface area contributed by atoms with Crippen LogP contribution in [-0.2, 0) is 6.42 Å². The van der Waals surface area contributed by atoms with E-state index in [1.54, 1.807) is 0 Å². The van der Waals surface area contributed by atoms with E-state index in [9.17, 15) is 0 Å². The van der Waals surface area contributed by atoms with E-state index < -0.39 is 0 Å². The number of hydrogen-bond acceptors (Lipinski definition) is 2. The summed E-state index contributed by atoms with van der Waals surface area (Å²) in [5, 5.41) is 4.72. The monoisotopic (exact) mass is 308 g/mol. The first-order valence-electron chi connectivity index (χ1n) is 6.69. The van der Waals surface area contributed by atoms with E-state index in [-0.39, 0.29) is 6.04 Å². The molecule has 0 amide bonds. The van der Waals surface area contributed by atoms with Crippen molar-refractivity contribution < 1.29 is 0 Å². The maximum absolute atomic E-state index is 6.28. The van der Waals surface area contributed by atoms with Crippen LogP contribution in [0, 0.1) is 6.92 Å². The number of rotatable bonds is 5. The zero-order valence-corrected chi connectivity index (χ0v) is 13.2. The summed E-state index contributed by atoms with van der Waals surface area (Å²) in [5.41, 5.74) is 3.37. The van der Waals surface area contributed by atoms with E-state index in [4.69, 9.17) is 23.2 Å². The minimum Gasteiger partial charge on any atom is -0.310 e. The Kier molecular flexibility index (Phi) is 5.41. The normalized spacial score (nSPS) is 12.4. The molecule has 2 rings (SSSR count). The second-order valence-corrected chi connectivity index (χ2v) is 5.61. The van der Waals surface area contributed by atoms with Crippen molar-refractivity contribution in [2.45, 2.75) is 26.3 Å². The fraction of sp³-hybridized carbons (Fsp3) is 0.312. The summed E-state index contributed by atoms with van der Waals surface area (Å²) in [6, 6.07) is 8.09. The van der Waals surface area contributed by atoms with Crippen molar-refractivity contribution in [3.63, 3.8) is 0 Å². The van der Waals surface area contributed by atoms with E-state index >= 15 is 0 Å². The Hall–Kier alpha value is -1.09. The third kappa shape index (κ3) is 3.72. The molecule has 1 unspecified atom stereocenters. The van der Waals surface area contributed by atoms with Crippen LogP contribution in [0.5, 0.6) is 0 Å². The standard InChI is InChI=1S/C16H18Cl2N2/c1-3-20-15(13-7-11(2)9-19-10-13)8-12-5-4-6-14(17)16(12)18/h4-7,9-10,15,20H,3,8H2,1-2H3. The average Bonchev–Trinajstić information content (AvgIpc) is 2.43. The van der Waals surface area contributed by atoms with Gasteiger partial charge in [-0.15, -0.1) is 0 Å². The van der Waals surface area contributed by atoms with Crippen LogP contribution in [0.1, 0.15) is 29.7 Å². The molecule has 0 saturated carbocycles. The van der Waals surface area contributed by atoms with Crippen molar-refractivity contribution in [3.05, 3.63) is 63.4 Å². The lowest BCUT2D eigenvalue weighted by molar-refractivity contribution is 0.548. The Morgan fingerprint density at radius 3 is 2.75 bits per heavy atom. The van der Waals surface area contributed by atoms with E-state index in [1.165, 1.54) is 5.56 Å². The molecule has 1 N–H and O–H groups in total. The molecule has 1 heterocycles. The van der Waals surface area contributed by atoms with E-state index in [0.29, 0.717) is 10.0 Å². The Morgan fingerprint density at radius 1 is 1.25 bits per heavy atom. The lowest BCUT2D eigenvalue weighted by Gasteiger charge is -2.19. The quantitative estimate of drug-likeness (QED) is 0.874. The van der Waals surface area contributed by atoms with Crippen molar-refractivity contribution in [2.24, 2.45) is 0 Å². The molecule has 0 saturated heterocycles. The highest BCUT2D eigenvalue weighted by Crippen LogP contribution is 2.29. The number of halogens is 2. The lowest BCUT2D eigenvalue weighted by Crippen LogP contribution is -2.23. The molecule has 0 fully saturated rings. The Balaban J connectivity index is 2.28. The minimum absolute atomic E-state index is 0.184. The van der Waals surface area contributed by atoms with Crippen molar-refractivity contribution in [1.29, 1.82) is 0 Å². The number of hydrogen-bond donors (Lipinski definition) is 1. The molecular weight excluding hydrogens is 291 g/mol. The number of nitrogens with one attached hydrogen (secondary N) is 1. The zero-order chi connectivity index (χ0) is 14.5. The van der Waals surface area contributed by atoms with E-state index in [1.807, 2.05) is 37.5 Å². The van der Waals surface area contributed by atoms with Crippen LogP contribution >= 0.6 is 23.2 Å². The molecule has 2 nitrogen and oxygen atoms in total. The molecule has 1 atom stereocenters. The molecule has 20 heavy (non-hydrogen) atoms. The Morgan fingerprint density at radius 2 is 2.05 bits per heavy atom. The lowest BCUT2D eigenvalue weighted by atomic mass is 9.99. The third-order valence-corrected chi connectivity index (χ3v) is 4.06. The van der Waals surface area contributed by atoms with Gasteiger partial charge in [-0.3, -0.25) is 4.98 Å². The van der Waals surface area contributed by atoms with Gasteiger partial charge >= 0.3 is 0 Å². The summed E-state index contributed by atoms with van der Waals surface area (Å²) in [4.78, 5) is 4.27. The second-order valence-electron chi connectivity index (χ2n) is 4.82. The van der Waals surface area contributed by atoms with E-state index in [0.717, 1.165) is 24.1 Å². The number of benzene rings is 1. The first-order valence-corrected chi connectivity index (χ1v) is 7.45. The maximum atomic E-state index is 6.28. The smallest absolute Gasteiger partial charge is 0.0624 e. The summed E-state index contributed by atoms with van der Waals surface area (Å²) in [7, 11) is 0. The summed E-state index contributed by atoms with van der Waals surface area (Å²) >= 11 is 12.4. The fourth-order valence-electron chi connectivity index (χ4n) is 2.25. The number of nitrogens with zero attached hydrogens (tertiary/aromatic N) is 1. The minimum atomic E-state index is 0.184. The molecule has 0 aliphatic rings. The van der Waals surface area contributed by atoms with Crippen molar-refractivity contribution in [1.82, 2.24) is 10.3 Å². The van der Waals surface area contributed by atoms with Crippen molar-refractivity contribution in [2.75, 3.05) is 6.54 Å². The van der Waals surface area contributed by atoms with Gasteiger partial charge in [-0.1, -0.05) is 48.3 Å². The molecule has 106 valence electrons. The van der Waals surface area contributed by atoms with Crippen LogP contribution in [0.3, 0.4) is 0 Å². The number of aromatic nitrogens is 1. The first kappa shape index (κ1) is 15.3. The number of pyridine rings is 1. The molecule has 0 bridgehead atoms. The maximum Gasteiger partial charge on any atom is 0.0624 e. The van der Waals surface area contributed by atoms with Crippen LogP contribution in [0.25, 0.3) is 0 Å². The molecule has 0 aliphatic heterocycles. The van der Waals surface area contributed by atoms with Crippen LogP contribution in [0.2, 0.25) is 10.0 Å². The van der Waals surface area contributed by atoms with Gasteiger partial charge in [0.25, 0.3) is 0 Å². The summed E-state index contributed by atoms with van der Waals surface area (Å²) in [6.45, 7) is 5.03. The predicted molar refractivity (Wildman–Crippen MR) is 85.6 cm³/mol. The van der Waals surface area contributed by atoms with Crippen molar-refractivity contribution in [3.8, 4) is 0 Å². The third-order valence-electron chi connectivity index (χ3n) is 3.20. The number of likely N-dealkylation sites (N-methyl/N-ethyl adjacent to an activating group) is 1. The van der Waals surface area contributed by atoms with Crippen LogP contribution in [0.15, 0.2) is 36.7 Å². The zero-order valence-electron chi connectivity index (χ0n) is 11.7. The fourth-order valence-corrected chi connectivity index (χ4v) is 2.65. The number of aryl methyl sites for hydroxylation is 1. The van der Waals surface area contributed by atoms with Crippen LogP contribution in [-0.4, -0.2) is 11.5 Å². The van der Waals surface area contributed by atoms with Gasteiger partial charge in [-0.25, -0.2) is 0 Å². The largest absolute Gasteiger partial charge is 0.310 e. The Labute approximate surface area is 130 Å². The highest BCUT2D eigenvalue weighted by molar-refractivity contribution is 6.42. The molecular formula is C16H18Cl2N2. The van der Waals surface area contributed by atoms with E-state index in [2.05, 4.69) is 23.3 Å². The molecule has 1 aromatic carbocycles. The Bertz CT molecular complexity index is 584. The predicted octanol–water partition coefficient (Wildman–Crippen LogP) is 4.59. The molecule has 0 aliphatic carbocycles. The summed E-state index contributed by atoms with van der Waals surface area (Å²) in [5.74, 6) is 0. The van der Waals surface area contributed by atoms with Gasteiger partial charge in [-0.05, 0) is 42.6 Å². The molecule has 1 aromatic heterocycles. The first-order chi connectivity index (χ1) is 9.61. The average molecular weight is 309 g/mol. The topological polar surface area (TPSA) is 24.9 Å².